The topological polar surface area (TPSA) is 65.5 Å². The Bertz CT molecular complexity index is 796. The highest BCUT2D eigenvalue weighted by Gasteiger charge is 2.21. The van der Waals surface area contributed by atoms with E-state index in [-0.39, 0.29) is 47.7 Å². The molecule has 0 radical (unpaired) electrons. The number of aliphatic imine (C=N–C) groups is 1. The first-order chi connectivity index (χ1) is 13.4. The van der Waals surface area contributed by atoms with Crippen LogP contribution in [0.25, 0.3) is 0 Å². The van der Waals surface area contributed by atoms with Crippen molar-refractivity contribution in [1.29, 1.82) is 0 Å². The summed E-state index contributed by atoms with van der Waals surface area (Å²) in [6.45, 7) is 5.32. The number of halogens is 2. The zero-order valence-corrected chi connectivity index (χ0v) is 19.5. The van der Waals surface area contributed by atoms with E-state index in [1.54, 1.807) is 13.1 Å². The van der Waals surface area contributed by atoms with E-state index in [2.05, 4.69) is 20.9 Å². The van der Waals surface area contributed by atoms with Gasteiger partial charge in [0, 0.05) is 25.6 Å². The molecule has 0 atom stereocenters. The van der Waals surface area contributed by atoms with Gasteiger partial charge >= 0.3 is 0 Å². The van der Waals surface area contributed by atoms with Crippen LogP contribution in [0.1, 0.15) is 25.0 Å². The maximum atomic E-state index is 13.5. The number of hydrogen-bond acceptors (Lipinski definition) is 2. The molecule has 0 heterocycles. The monoisotopic (exact) mass is 512 g/mol. The fourth-order valence-corrected chi connectivity index (χ4v) is 2.75. The Kier molecular flexibility index (Phi) is 10.6. The fourth-order valence-electron chi connectivity index (χ4n) is 2.75. The number of guanidine groups is 1. The van der Waals surface area contributed by atoms with Gasteiger partial charge in [0.05, 0.1) is 6.54 Å². The molecule has 0 aliphatic heterocycles. The molecule has 0 unspecified atom stereocenters. The van der Waals surface area contributed by atoms with E-state index in [9.17, 15) is 9.18 Å². The van der Waals surface area contributed by atoms with Crippen molar-refractivity contribution in [3.8, 4) is 0 Å². The maximum Gasteiger partial charge on any atom is 0.239 e. The van der Waals surface area contributed by atoms with Gasteiger partial charge in [0.15, 0.2) is 5.96 Å². The van der Waals surface area contributed by atoms with E-state index in [0.717, 1.165) is 12.0 Å². The zero-order valence-electron chi connectivity index (χ0n) is 17.2. The summed E-state index contributed by atoms with van der Waals surface area (Å²) >= 11 is 0. The molecule has 158 valence electrons. The third-order valence-electron chi connectivity index (χ3n) is 4.52. The summed E-state index contributed by atoms with van der Waals surface area (Å²) in [6, 6.07) is 16.6. The van der Waals surface area contributed by atoms with Gasteiger partial charge in [0.25, 0.3) is 0 Å². The van der Waals surface area contributed by atoms with E-state index < -0.39 is 0 Å². The summed E-state index contributed by atoms with van der Waals surface area (Å²) in [5, 5.41) is 9.10. The highest BCUT2D eigenvalue weighted by atomic mass is 127. The van der Waals surface area contributed by atoms with Crippen molar-refractivity contribution in [2.24, 2.45) is 4.99 Å². The van der Waals surface area contributed by atoms with Crippen LogP contribution in [-0.4, -0.2) is 38.5 Å². The third-order valence-corrected chi connectivity index (χ3v) is 4.52. The molecular weight excluding hydrogens is 482 g/mol. The van der Waals surface area contributed by atoms with Crippen molar-refractivity contribution in [1.82, 2.24) is 16.0 Å². The zero-order chi connectivity index (χ0) is 20.4. The number of carbonyl (C=O) groups is 1. The van der Waals surface area contributed by atoms with Crippen LogP contribution >= 0.6 is 24.0 Å². The standard InChI is InChI=1S/C22H29FN4O.HI/c1-22(2,18-10-7-11-19(23)14-18)16-27-21(24-3)26-15-20(28)25-13-12-17-8-5-4-6-9-17;/h4-11,14H,12-13,15-16H2,1-3H3,(H,25,28)(H2,24,26,27);1H. The molecule has 0 spiro atoms. The second-order valence-corrected chi connectivity index (χ2v) is 7.26. The molecular formula is C22H30FIN4O. The third kappa shape index (κ3) is 8.81. The van der Waals surface area contributed by atoms with Crippen LogP contribution in [0.3, 0.4) is 0 Å². The number of carbonyl (C=O) groups excluding carboxylic acids is 1. The van der Waals surface area contributed by atoms with Crippen LogP contribution in [0.15, 0.2) is 59.6 Å². The first-order valence-corrected chi connectivity index (χ1v) is 9.42. The highest BCUT2D eigenvalue weighted by Crippen LogP contribution is 2.22. The van der Waals surface area contributed by atoms with Crippen LogP contribution in [0, 0.1) is 5.82 Å². The van der Waals surface area contributed by atoms with E-state index >= 15 is 0 Å². The second-order valence-electron chi connectivity index (χ2n) is 7.26. The number of benzene rings is 2. The molecule has 29 heavy (non-hydrogen) atoms. The van der Waals surface area contributed by atoms with Crippen LogP contribution in [0.2, 0.25) is 0 Å². The number of nitrogens with one attached hydrogen (secondary N) is 3. The normalized spacial score (nSPS) is 11.4. The van der Waals surface area contributed by atoms with E-state index in [4.69, 9.17) is 0 Å². The molecule has 2 aromatic carbocycles. The van der Waals surface area contributed by atoms with Crippen molar-refractivity contribution < 1.29 is 9.18 Å². The quantitative estimate of drug-likeness (QED) is 0.289. The summed E-state index contributed by atoms with van der Waals surface area (Å²) in [5.41, 5.74) is 1.79. The Hall–Kier alpha value is -2.16. The Balaban J connectivity index is 0.00000420. The smallest absolute Gasteiger partial charge is 0.239 e. The Morgan fingerprint density at radius 2 is 1.76 bits per heavy atom. The molecule has 0 bridgehead atoms. The van der Waals surface area contributed by atoms with Gasteiger partial charge in [-0.1, -0.05) is 56.3 Å². The minimum Gasteiger partial charge on any atom is -0.356 e. The molecule has 7 heteroatoms. The van der Waals surface area contributed by atoms with Gasteiger partial charge in [-0.3, -0.25) is 9.79 Å². The molecule has 0 saturated carbocycles. The minimum absolute atomic E-state index is 0. The van der Waals surface area contributed by atoms with Crippen molar-refractivity contribution in [2.45, 2.75) is 25.7 Å². The number of nitrogens with zero attached hydrogens (tertiary/aromatic N) is 1. The molecule has 2 aromatic rings. The average Bonchev–Trinajstić information content (AvgIpc) is 2.69. The SMILES string of the molecule is CN=C(NCC(=O)NCCc1ccccc1)NCC(C)(C)c1cccc(F)c1.I. The average molecular weight is 512 g/mol. The van der Waals surface area contributed by atoms with Crippen molar-refractivity contribution in [2.75, 3.05) is 26.7 Å². The number of amides is 1. The molecule has 1 amide bonds. The lowest BCUT2D eigenvalue weighted by atomic mass is 9.84. The summed E-state index contributed by atoms with van der Waals surface area (Å²) in [5.74, 6) is 0.186. The first kappa shape index (κ1) is 24.9. The first-order valence-electron chi connectivity index (χ1n) is 9.42. The van der Waals surface area contributed by atoms with Crippen LogP contribution in [0.4, 0.5) is 4.39 Å². The van der Waals surface area contributed by atoms with Crippen LogP contribution in [-0.2, 0) is 16.6 Å². The van der Waals surface area contributed by atoms with Gasteiger partial charge in [-0.15, -0.1) is 24.0 Å². The summed E-state index contributed by atoms with van der Waals surface area (Å²) in [6.07, 6.45) is 0.793. The van der Waals surface area contributed by atoms with Crippen LogP contribution < -0.4 is 16.0 Å². The van der Waals surface area contributed by atoms with Crippen molar-refractivity contribution in [3.63, 3.8) is 0 Å². The highest BCUT2D eigenvalue weighted by molar-refractivity contribution is 14.0. The van der Waals surface area contributed by atoms with Gasteiger partial charge < -0.3 is 16.0 Å². The van der Waals surface area contributed by atoms with E-state index in [0.29, 0.717) is 19.0 Å². The maximum absolute atomic E-state index is 13.5. The lowest BCUT2D eigenvalue weighted by molar-refractivity contribution is -0.119. The Morgan fingerprint density at radius 3 is 2.41 bits per heavy atom. The molecule has 3 N–H and O–H groups in total. The summed E-state index contributed by atoms with van der Waals surface area (Å²) in [7, 11) is 1.65. The summed E-state index contributed by atoms with van der Waals surface area (Å²) < 4.78 is 13.5. The van der Waals surface area contributed by atoms with E-state index in [1.165, 1.54) is 17.7 Å². The Labute approximate surface area is 189 Å². The van der Waals surface area contributed by atoms with Gasteiger partial charge in [-0.2, -0.15) is 0 Å². The lowest BCUT2D eigenvalue weighted by Crippen LogP contribution is -2.46. The van der Waals surface area contributed by atoms with Crippen LogP contribution in [0.5, 0.6) is 0 Å². The predicted molar refractivity (Wildman–Crippen MR) is 127 cm³/mol. The van der Waals surface area contributed by atoms with Gasteiger partial charge in [-0.25, -0.2) is 4.39 Å². The predicted octanol–water partition coefficient (Wildman–Crippen LogP) is 3.25. The molecule has 0 aliphatic rings. The molecule has 0 aliphatic carbocycles. The second kappa shape index (κ2) is 12.4. The molecule has 0 fully saturated rings. The molecule has 2 rings (SSSR count). The summed E-state index contributed by atoms with van der Waals surface area (Å²) in [4.78, 5) is 16.2. The van der Waals surface area contributed by atoms with Gasteiger partial charge in [-0.05, 0) is 29.7 Å². The Morgan fingerprint density at radius 1 is 1.03 bits per heavy atom. The van der Waals surface area contributed by atoms with Crippen molar-refractivity contribution in [3.05, 3.63) is 71.5 Å². The van der Waals surface area contributed by atoms with Gasteiger partial charge in [0.1, 0.15) is 5.82 Å². The largest absolute Gasteiger partial charge is 0.356 e. The lowest BCUT2D eigenvalue weighted by Gasteiger charge is -2.26. The molecule has 5 nitrogen and oxygen atoms in total. The minimum atomic E-state index is -0.294. The van der Waals surface area contributed by atoms with Gasteiger partial charge in [0.2, 0.25) is 5.91 Å². The van der Waals surface area contributed by atoms with Crippen molar-refractivity contribution >= 4 is 35.8 Å². The fraction of sp³-hybridized carbons (Fsp3) is 0.364. The van der Waals surface area contributed by atoms with E-state index in [1.807, 2.05) is 50.2 Å². The number of hydrogen-bond donors (Lipinski definition) is 3. The number of rotatable bonds is 8. The molecule has 0 saturated heterocycles. The molecule has 0 aromatic heterocycles.